The van der Waals surface area contributed by atoms with Crippen LogP contribution in [0, 0.1) is 11.1 Å². The molecule has 0 radical (unpaired) electrons. The first-order valence-electron chi connectivity index (χ1n) is 8.55. The van der Waals surface area contributed by atoms with E-state index in [1.165, 1.54) is 22.3 Å². The highest BCUT2D eigenvalue weighted by Crippen LogP contribution is 2.43. The maximum atomic E-state index is 12.2. The Kier molecular flexibility index (Phi) is 4.59. The molecule has 0 amide bonds. The summed E-state index contributed by atoms with van der Waals surface area (Å²) < 4.78 is -0.0786. The van der Waals surface area contributed by atoms with Gasteiger partial charge in [0.15, 0.2) is 0 Å². The second-order valence-corrected chi connectivity index (χ2v) is 7.15. The van der Waals surface area contributed by atoms with Crippen molar-refractivity contribution in [1.82, 2.24) is 0 Å². The molecule has 2 N–H and O–H groups in total. The number of hydrogen-bond acceptors (Lipinski definition) is 1. The lowest BCUT2D eigenvalue weighted by atomic mass is 9.74. The van der Waals surface area contributed by atoms with Crippen LogP contribution >= 0.6 is 0 Å². The average molecular weight is 323 g/mol. The molecular weight excluding hydrogens is 298 g/mol. The predicted octanol–water partition coefficient (Wildman–Crippen LogP) is 3.83. The summed E-state index contributed by atoms with van der Waals surface area (Å²) in [4.78, 5) is 0. The maximum absolute atomic E-state index is 12.2. The third-order valence-electron chi connectivity index (χ3n) is 5.52. The van der Waals surface area contributed by atoms with Gasteiger partial charge in [-0.2, -0.15) is 0 Å². The van der Waals surface area contributed by atoms with Gasteiger partial charge in [0.05, 0.1) is 20.1 Å². The third-order valence-corrected chi connectivity index (χ3v) is 5.52. The lowest BCUT2D eigenvalue weighted by molar-refractivity contribution is -0.867. The standard InChI is InChI=1S/C21H23NO.H2O/c1-22(23)14-12-18(13-15-22)21-19-8-4-2-6-16(19)10-11-17-7-3-5-9-20(17)21;/h2-11,18,21H,12-15H2,1H3;1H2. The molecular formula is C21H25NO2. The van der Waals surface area contributed by atoms with Gasteiger partial charge in [0.25, 0.3) is 0 Å². The molecule has 4 rings (SSSR count). The molecule has 0 unspecified atom stereocenters. The zero-order valence-corrected chi connectivity index (χ0v) is 14.1. The number of quaternary nitrogens is 1. The van der Waals surface area contributed by atoms with Crippen molar-refractivity contribution in [2.24, 2.45) is 5.92 Å². The van der Waals surface area contributed by atoms with Crippen LogP contribution in [-0.4, -0.2) is 30.3 Å². The van der Waals surface area contributed by atoms with Crippen molar-refractivity contribution in [3.8, 4) is 0 Å². The molecule has 1 saturated heterocycles. The molecule has 1 aliphatic heterocycles. The van der Waals surface area contributed by atoms with E-state index in [4.69, 9.17) is 0 Å². The van der Waals surface area contributed by atoms with Crippen LogP contribution in [0.1, 0.15) is 41.0 Å². The summed E-state index contributed by atoms with van der Waals surface area (Å²) in [6, 6.07) is 17.5. The Hall–Kier alpha value is -1.94. The van der Waals surface area contributed by atoms with Crippen LogP contribution in [0.5, 0.6) is 0 Å². The number of hydrogen-bond donors (Lipinski definition) is 0. The molecule has 0 saturated carbocycles. The quantitative estimate of drug-likeness (QED) is 0.581. The van der Waals surface area contributed by atoms with E-state index in [0.717, 1.165) is 25.9 Å². The van der Waals surface area contributed by atoms with Crippen molar-refractivity contribution in [2.45, 2.75) is 18.8 Å². The Balaban J connectivity index is 0.00000169. The SMILES string of the molecule is C[N+]1([O-])CCC(C2c3ccccc3C=Cc3ccccc32)CC1.O. The van der Waals surface area contributed by atoms with Crippen LogP contribution in [0.3, 0.4) is 0 Å². The molecule has 3 heteroatoms. The predicted molar refractivity (Wildman–Crippen MR) is 99.3 cm³/mol. The lowest BCUT2D eigenvalue weighted by Gasteiger charge is -2.46. The van der Waals surface area contributed by atoms with Crippen LogP contribution in [0.25, 0.3) is 12.2 Å². The molecule has 0 aromatic heterocycles. The minimum absolute atomic E-state index is 0. The van der Waals surface area contributed by atoms with Gasteiger partial charge in [0.2, 0.25) is 0 Å². The zero-order chi connectivity index (χ0) is 15.9. The Morgan fingerprint density at radius 1 is 0.833 bits per heavy atom. The Morgan fingerprint density at radius 3 is 1.79 bits per heavy atom. The van der Waals surface area contributed by atoms with Gasteiger partial charge in [-0.05, 0) is 28.2 Å². The number of fused-ring (bicyclic) bond motifs is 2. The van der Waals surface area contributed by atoms with Gasteiger partial charge >= 0.3 is 0 Å². The molecule has 0 atom stereocenters. The second kappa shape index (κ2) is 6.52. The fraction of sp³-hybridized carbons (Fsp3) is 0.333. The summed E-state index contributed by atoms with van der Waals surface area (Å²) in [5, 5.41) is 12.2. The molecule has 1 aliphatic carbocycles. The third kappa shape index (κ3) is 3.03. The highest BCUT2D eigenvalue weighted by Gasteiger charge is 2.33. The maximum Gasteiger partial charge on any atom is 0.0784 e. The van der Waals surface area contributed by atoms with E-state index in [2.05, 4.69) is 60.7 Å². The number of likely N-dealkylation sites (tertiary alicyclic amines) is 1. The van der Waals surface area contributed by atoms with Gasteiger partial charge in [0, 0.05) is 18.8 Å². The molecule has 1 fully saturated rings. The van der Waals surface area contributed by atoms with Crippen LogP contribution in [0.4, 0.5) is 0 Å². The average Bonchev–Trinajstić information content (AvgIpc) is 2.72. The first kappa shape index (κ1) is 16.9. The van der Waals surface area contributed by atoms with Gasteiger partial charge in [0.1, 0.15) is 0 Å². The van der Waals surface area contributed by atoms with Gasteiger partial charge < -0.3 is 15.3 Å². The molecule has 3 nitrogen and oxygen atoms in total. The van der Waals surface area contributed by atoms with Crippen molar-refractivity contribution < 1.29 is 10.1 Å². The number of piperidine rings is 1. The summed E-state index contributed by atoms with van der Waals surface area (Å²) in [5.41, 5.74) is 5.47. The molecule has 126 valence electrons. The van der Waals surface area contributed by atoms with E-state index < -0.39 is 0 Å². The van der Waals surface area contributed by atoms with Crippen molar-refractivity contribution in [2.75, 3.05) is 20.1 Å². The topological polar surface area (TPSA) is 54.6 Å². The normalized spacial score (nSPS) is 26.0. The van der Waals surface area contributed by atoms with Gasteiger partial charge in [-0.25, -0.2) is 0 Å². The van der Waals surface area contributed by atoms with E-state index >= 15 is 0 Å². The number of benzene rings is 2. The van der Waals surface area contributed by atoms with E-state index in [0.29, 0.717) is 11.8 Å². The number of nitrogens with zero attached hydrogens (tertiary/aromatic N) is 1. The highest BCUT2D eigenvalue weighted by molar-refractivity contribution is 5.76. The van der Waals surface area contributed by atoms with Gasteiger partial charge in [-0.3, -0.25) is 0 Å². The molecule has 1 heterocycles. The van der Waals surface area contributed by atoms with Crippen molar-refractivity contribution in [3.63, 3.8) is 0 Å². The Morgan fingerprint density at radius 2 is 1.29 bits per heavy atom. The van der Waals surface area contributed by atoms with Crippen LogP contribution < -0.4 is 0 Å². The molecule has 0 spiro atoms. The molecule has 2 aliphatic rings. The smallest absolute Gasteiger partial charge is 0.0784 e. The molecule has 0 bridgehead atoms. The van der Waals surface area contributed by atoms with Crippen molar-refractivity contribution in [3.05, 3.63) is 76.0 Å². The molecule has 24 heavy (non-hydrogen) atoms. The van der Waals surface area contributed by atoms with Crippen molar-refractivity contribution in [1.29, 1.82) is 0 Å². The van der Waals surface area contributed by atoms with Crippen LogP contribution in [0.2, 0.25) is 0 Å². The van der Waals surface area contributed by atoms with Gasteiger partial charge in [-0.15, -0.1) is 0 Å². The van der Waals surface area contributed by atoms with Crippen LogP contribution in [-0.2, 0) is 0 Å². The second-order valence-electron chi connectivity index (χ2n) is 7.15. The highest BCUT2D eigenvalue weighted by atomic mass is 16.5. The summed E-state index contributed by atoms with van der Waals surface area (Å²) >= 11 is 0. The van der Waals surface area contributed by atoms with E-state index in [-0.39, 0.29) is 10.1 Å². The summed E-state index contributed by atoms with van der Waals surface area (Å²) in [6.07, 6.45) is 6.50. The molecule has 2 aromatic carbocycles. The zero-order valence-electron chi connectivity index (χ0n) is 14.1. The number of rotatable bonds is 1. The Labute approximate surface area is 143 Å². The minimum Gasteiger partial charge on any atom is -0.633 e. The fourth-order valence-corrected chi connectivity index (χ4v) is 4.21. The number of hydroxylamine groups is 3. The molecule has 2 aromatic rings. The van der Waals surface area contributed by atoms with E-state index in [9.17, 15) is 5.21 Å². The summed E-state index contributed by atoms with van der Waals surface area (Å²) in [7, 11) is 1.81. The monoisotopic (exact) mass is 323 g/mol. The fourth-order valence-electron chi connectivity index (χ4n) is 4.21. The first-order chi connectivity index (χ1) is 11.1. The summed E-state index contributed by atoms with van der Waals surface area (Å²) in [5.74, 6) is 0.954. The largest absolute Gasteiger partial charge is 0.633 e. The van der Waals surface area contributed by atoms with Crippen molar-refractivity contribution >= 4 is 12.2 Å². The van der Waals surface area contributed by atoms with E-state index in [1.807, 2.05) is 7.05 Å². The van der Waals surface area contributed by atoms with E-state index in [1.54, 1.807) is 0 Å². The minimum atomic E-state index is -0.0786. The van der Waals surface area contributed by atoms with Crippen LogP contribution in [0.15, 0.2) is 48.5 Å². The first-order valence-corrected chi connectivity index (χ1v) is 8.55. The lowest BCUT2D eigenvalue weighted by Crippen LogP contribution is -2.45. The Bertz CT molecular complexity index is 692. The van der Waals surface area contributed by atoms with Gasteiger partial charge in [-0.1, -0.05) is 60.7 Å². The summed E-state index contributed by atoms with van der Waals surface area (Å²) in [6.45, 7) is 1.47.